The highest BCUT2D eigenvalue weighted by Crippen LogP contribution is 2.34. The van der Waals surface area contributed by atoms with E-state index in [4.69, 9.17) is 9.15 Å². The molecule has 0 fully saturated rings. The lowest BCUT2D eigenvalue weighted by Crippen LogP contribution is -2.17. The van der Waals surface area contributed by atoms with Crippen molar-refractivity contribution in [2.45, 2.75) is 26.2 Å². The fourth-order valence-corrected chi connectivity index (χ4v) is 2.28. The molecule has 2 aromatic rings. The highest BCUT2D eigenvalue weighted by molar-refractivity contribution is 9.10. The minimum atomic E-state index is -0.605. The van der Waals surface area contributed by atoms with Crippen LogP contribution in [0, 0.1) is 5.82 Å². The average Bonchev–Trinajstić information content (AvgIpc) is 2.86. The second-order valence-corrected chi connectivity index (χ2v) is 6.33. The molecule has 1 aromatic heterocycles. The topological polar surface area (TPSA) is 52.3 Å². The van der Waals surface area contributed by atoms with E-state index in [1.165, 1.54) is 13.2 Å². The number of halogens is 2. The zero-order valence-corrected chi connectivity index (χ0v) is 13.7. The van der Waals surface area contributed by atoms with Gasteiger partial charge in [0.2, 0.25) is 11.7 Å². The third-order valence-electron chi connectivity index (χ3n) is 2.89. The van der Waals surface area contributed by atoms with Gasteiger partial charge in [0, 0.05) is 5.41 Å². The SMILES string of the molecule is COC(=O)c1oc(-c2cccc(F)c2Br)nc1C(C)(C)C. The molecular weight excluding hydrogens is 341 g/mol. The fraction of sp³-hybridized carbons (Fsp3) is 0.333. The summed E-state index contributed by atoms with van der Waals surface area (Å²) in [5.41, 5.74) is 0.501. The molecule has 112 valence electrons. The van der Waals surface area contributed by atoms with Crippen LogP contribution in [0.1, 0.15) is 37.0 Å². The van der Waals surface area contributed by atoms with Crippen LogP contribution >= 0.6 is 15.9 Å². The van der Waals surface area contributed by atoms with Crippen molar-refractivity contribution in [3.8, 4) is 11.5 Å². The molecule has 1 aromatic carbocycles. The number of benzene rings is 1. The van der Waals surface area contributed by atoms with Crippen LogP contribution in [0.25, 0.3) is 11.5 Å². The Bertz CT molecular complexity index is 689. The summed E-state index contributed by atoms with van der Waals surface area (Å²) in [6.07, 6.45) is 0. The maximum absolute atomic E-state index is 13.6. The first-order valence-electron chi connectivity index (χ1n) is 6.29. The molecule has 0 unspecified atom stereocenters. The second-order valence-electron chi connectivity index (χ2n) is 5.54. The molecule has 1 heterocycles. The maximum atomic E-state index is 13.6. The van der Waals surface area contributed by atoms with Gasteiger partial charge in [0.05, 0.1) is 17.1 Å². The average molecular weight is 356 g/mol. The van der Waals surface area contributed by atoms with Gasteiger partial charge >= 0.3 is 5.97 Å². The van der Waals surface area contributed by atoms with E-state index in [-0.39, 0.29) is 16.1 Å². The lowest BCUT2D eigenvalue weighted by atomic mass is 9.91. The summed E-state index contributed by atoms with van der Waals surface area (Å²) in [5.74, 6) is -0.823. The van der Waals surface area contributed by atoms with Crippen LogP contribution in [0.5, 0.6) is 0 Å². The number of ether oxygens (including phenoxy) is 1. The number of carbonyl (C=O) groups excluding carboxylic acids is 1. The van der Waals surface area contributed by atoms with Gasteiger partial charge in [-0.3, -0.25) is 0 Å². The minimum absolute atomic E-state index is 0.0381. The lowest BCUT2D eigenvalue weighted by Gasteiger charge is -2.15. The van der Waals surface area contributed by atoms with Crippen molar-refractivity contribution in [1.29, 1.82) is 0 Å². The van der Waals surface area contributed by atoms with Crippen molar-refractivity contribution in [2.75, 3.05) is 7.11 Å². The molecule has 0 aliphatic carbocycles. The summed E-state index contributed by atoms with van der Waals surface area (Å²) in [7, 11) is 1.27. The number of hydrogen-bond acceptors (Lipinski definition) is 4. The molecular formula is C15H15BrFNO3. The first kappa shape index (κ1) is 15.7. The van der Waals surface area contributed by atoms with E-state index in [1.807, 2.05) is 20.8 Å². The standard InChI is InChI=1S/C15H15BrFNO3/c1-15(2,3)12-11(14(19)20-4)21-13(18-12)8-6-5-7-9(17)10(8)16/h5-7H,1-4H3. The number of oxazole rings is 1. The van der Waals surface area contributed by atoms with Crippen LogP contribution in [0.4, 0.5) is 4.39 Å². The van der Waals surface area contributed by atoms with Gasteiger partial charge in [-0.05, 0) is 28.1 Å². The molecule has 21 heavy (non-hydrogen) atoms. The highest BCUT2D eigenvalue weighted by atomic mass is 79.9. The quantitative estimate of drug-likeness (QED) is 0.752. The lowest BCUT2D eigenvalue weighted by molar-refractivity contribution is 0.0562. The predicted molar refractivity (Wildman–Crippen MR) is 79.6 cm³/mol. The number of carbonyl (C=O) groups is 1. The molecule has 0 spiro atoms. The Kier molecular flexibility index (Phi) is 4.18. The summed E-state index contributed by atoms with van der Waals surface area (Å²) < 4.78 is 24.1. The number of nitrogens with zero attached hydrogens (tertiary/aromatic N) is 1. The van der Waals surface area contributed by atoms with E-state index in [9.17, 15) is 9.18 Å². The van der Waals surface area contributed by atoms with Crippen LogP contribution in [0.2, 0.25) is 0 Å². The van der Waals surface area contributed by atoms with E-state index in [0.29, 0.717) is 11.3 Å². The Morgan fingerprint density at radius 3 is 2.62 bits per heavy atom. The van der Waals surface area contributed by atoms with Crippen molar-refractivity contribution >= 4 is 21.9 Å². The van der Waals surface area contributed by atoms with E-state index < -0.39 is 17.2 Å². The molecule has 0 N–H and O–H groups in total. The highest BCUT2D eigenvalue weighted by Gasteiger charge is 2.30. The van der Waals surface area contributed by atoms with Crippen molar-refractivity contribution in [1.82, 2.24) is 4.98 Å². The Morgan fingerprint density at radius 1 is 1.38 bits per heavy atom. The number of hydrogen-bond donors (Lipinski definition) is 0. The summed E-state index contributed by atoms with van der Waals surface area (Å²) in [5, 5.41) is 0. The largest absolute Gasteiger partial charge is 0.463 e. The molecule has 0 aliphatic rings. The normalized spacial score (nSPS) is 11.5. The van der Waals surface area contributed by atoms with Gasteiger partial charge in [-0.1, -0.05) is 26.8 Å². The molecule has 0 aliphatic heterocycles. The van der Waals surface area contributed by atoms with Gasteiger partial charge in [0.25, 0.3) is 0 Å². The number of esters is 1. The molecule has 0 amide bonds. The van der Waals surface area contributed by atoms with Gasteiger partial charge in [-0.15, -0.1) is 0 Å². The predicted octanol–water partition coefficient (Wildman–Crippen LogP) is 4.33. The molecule has 0 radical (unpaired) electrons. The number of aromatic nitrogens is 1. The van der Waals surface area contributed by atoms with Crippen LogP contribution in [-0.4, -0.2) is 18.1 Å². The third-order valence-corrected chi connectivity index (χ3v) is 3.70. The second kappa shape index (κ2) is 5.60. The van der Waals surface area contributed by atoms with Gasteiger partial charge < -0.3 is 9.15 Å². The van der Waals surface area contributed by atoms with E-state index in [1.54, 1.807) is 12.1 Å². The number of rotatable bonds is 2. The number of methoxy groups -OCH3 is 1. The zero-order chi connectivity index (χ0) is 15.8. The Hall–Kier alpha value is -1.69. The maximum Gasteiger partial charge on any atom is 0.376 e. The molecule has 6 heteroatoms. The first-order valence-corrected chi connectivity index (χ1v) is 7.09. The molecule has 0 bridgehead atoms. The van der Waals surface area contributed by atoms with E-state index >= 15 is 0 Å². The monoisotopic (exact) mass is 355 g/mol. The third kappa shape index (κ3) is 3.00. The van der Waals surface area contributed by atoms with Gasteiger partial charge in [-0.2, -0.15) is 0 Å². The van der Waals surface area contributed by atoms with E-state index in [0.717, 1.165) is 0 Å². The summed E-state index contributed by atoms with van der Waals surface area (Å²) in [6, 6.07) is 4.53. The van der Waals surface area contributed by atoms with Gasteiger partial charge in [-0.25, -0.2) is 14.2 Å². The zero-order valence-electron chi connectivity index (χ0n) is 12.2. The van der Waals surface area contributed by atoms with Crippen LogP contribution in [0.15, 0.2) is 27.1 Å². The van der Waals surface area contributed by atoms with Crippen molar-refractivity contribution in [3.05, 3.63) is 39.9 Å². The minimum Gasteiger partial charge on any atom is -0.463 e. The Labute approximate surface area is 130 Å². The summed E-state index contributed by atoms with van der Waals surface area (Å²) >= 11 is 3.16. The summed E-state index contributed by atoms with van der Waals surface area (Å²) in [4.78, 5) is 16.2. The van der Waals surface area contributed by atoms with Crippen molar-refractivity contribution in [2.24, 2.45) is 0 Å². The molecule has 0 saturated carbocycles. The summed E-state index contributed by atoms with van der Waals surface area (Å²) in [6.45, 7) is 5.71. The fourth-order valence-electron chi connectivity index (χ4n) is 1.84. The first-order chi connectivity index (χ1) is 9.75. The van der Waals surface area contributed by atoms with Crippen LogP contribution in [0.3, 0.4) is 0 Å². The Balaban J connectivity index is 2.64. The Morgan fingerprint density at radius 2 is 2.05 bits per heavy atom. The molecule has 0 atom stereocenters. The molecule has 0 saturated heterocycles. The van der Waals surface area contributed by atoms with Gasteiger partial charge in [0.1, 0.15) is 11.5 Å². The van der Waals surface area contributed by atoms with Crippen LogP contribution in [-0.2, 0) is 10.2 Å². The molecule has 4 nitrogen and oxygen atoms in total. The van der Waals surface area contributed by atoms with Crippen LogP contribution < -0.4 is 0 Å². The van der Waals surface area contributed by atoms with Gasteiger partial charge in [0.15, 0.2) is 0 Å². The van der Waals surface area contributed by atoms with E-state index in [2.05, 4.69) is 20.9 Å². The molecule has 2 rings (SSSR count). The van der Waals surface area contributed by atoms with Crippen molar-refractivity contribution in [3.63, 3.8) is 0 Å². The van der Waals surface area contributed by atoms with Crippen molar-refractivity contribution < 1.29 is 18.3 Å². The smallest absolute Gasteiger partial charge is 0.376 e.